The molecule has 0 aliphatic rings. The number of Topliss-reactive ketones (excluding diaryl/α,β-unsaturated/α-hetero) is 1. The Bertz CT molecular complexity index is 781. The summed E-state index contributed by atoms with van der Waals surface area (Å²) in [6.07, 6.45) is 0.227. The Balaban J connectivity index is 2.70. The molecular formula is C18H20N2O7. The predicted octanol–water partition coefficient (Wildman–Crippen LogP) is 1.21. The minimum atomic E-state index is -1.38. The number of benzene rings is 1. The van der Waals surface area contributed by atoms with Crippen LogP contribution in [-0.2, 0) is 19.2 Å². The number of carbonyl (C=O) groups excluding carboxylic acids is 3. The molecule has 0 aromatic heterocycles. The van der Waals surface area contributed by atoms with Crippen molar-refractivity contribution in [2.45, 2.75) is 32.7 Å². The van der Waals surface area contributed by atoms with Crippen LogP contribution in [0.5, 0.6) is 0 Å². The number of hydrogen-bond acceptors (Lipinski definition) is 5. The number of rotatable bonds is 9. The third kappa shape index (κ3) is 7.51. The summed E-state index contributed by atoms with van der Waals surface area (Å²) < 4.78 is 0. The number of anilines is 1. The zero-order valence-corrected chi connectivity index (χ0v) is 14.8. The fraction of sp³-hybridized carbons (Fsp3) is 0.278. The zero-order chi connectivity index (χ0) is 20.6. The SMILES string of the molecule is CC(=O)c1ccc(NC(=O)/C(C)=C\C(=O)NC(CCC(=O)O)C(=O)O)cc1. The van der Waals surface area contributed by atoms with E-state index >= 15 is 0 Å². The Morgan fingerprint density at radius 1 is 1.04 bits per heavy atom. The first-order chi connectivity index (χ1) is 12.6. The molecule has 27 heavy (non-hydrogen) atoms. The van der Waals surface area contributed by atoms with Crippen LogP contribution in [0.1, 0.15) is 37.0 Å². The van der Waals surface area contributed by atoms with Gasteiger partial charge in [-0.2, -0.15) is 0 Å². The Morgan fingerprint density at radius 2 is 1.63 bits per heavy atom. The molecule has 0 saturated carbocycles. The minimum absolute atomic E-state index is 0.0190. The highest BCUT2D eigenvalue weighted by atomic mass is 16.4. The van der Waals surface area contributed by atoms with Crippen LogP contribution in [0.2, 0.25) is 0 Å². The number of hydrogen-bond donors (Lipinski definition) is 4. The molecule has 9 nitrogen and oxygen atoms in total. The lowest BCUT2D eigenvalue weighted by atomic mass is 10.1. The van der Waals surface area contributed by atoms with Gasteiger partial charge in [0.15, 0.2) is 5.78 Å². The summed E-state index contributed by atoms with van der Waals surface area (Å²) in [5.74, 6) is -4.08. The monoisotopic (exact) mass is 376 g/mol. The third-order valence-corrected chi connectivity index (χ3v) is 3.52. The molecule has 1 rings (SSSR count). The van der Waals surface area contributed by atoms with E-state index < -0.39 is 36.2 Å². The number of aliphatic carboxylic acids is 2. The molecule has 0 spiro atoms. The molecule has 0 saturated heterocycles. The first-order valence-electron chi connectivity index (χ1n) is 7.96. The van der Waals surface area contributed by atoms with Crippen LogP contribution in [0.25, 0.3) is 0 Å². The van der Waals surface area contributed by atoms with Gasteiger partial charge in [0, 0.05) is 29.3 Å². The van der Waals surface area contributed by atoms with Crippen LogP contribution >= 0.6 is 0 Å². The van der Waals surface area contributed by atoms with E-state index in [1.54, 1.807) is 12.1 Å². The van der Waals surface area contributed by atoms with Gasteiger partial charge < -0.3 is 20.8 Å². The van der Waals surface area contributed by atoms with Gasteiger partial charge in [-0.1, -0.05) is 0 Å². The third-order valence-electron chi connectivity index (χ3n) is 3.52. The largest absolute Gasteiger partial charge is 0.481 e. The van der Waals surface area contributed by atoms with Gasteiger partial charge in [0.05, 0.1) is 0 Å². The molecule has 0 heterocycles. The maximum absolute atomic E-state index is 12.1. The maximum atomic E-state index is 12.1. The van der Waals surface area contributed by atoms with Gasteiger partial charge >= 0.3 is 11.9 Å². The minimum Gasteiger partial charge on any atom is -0.481 e. The van der Waals surface area contributed by atoms with Crippen LogP contribution in [0.15, 0.2) is 35.9 Å². The van der Waals surface area contributed by atoms with Crippen LogP contribution < -0.4 is 10.6 Å². The maximum Gasteiger partial charge on any atom is 0.326 e. The lowest BCUT2D eigenvalue weighted by molar-refractivity contribution is -0.142. The Hall–Kier alpha value is -3.49. The van der Waals surface area contributed by atoms with Crippen LogP contribution in [0.4, 0.5) is 5.69 Å². The molecule has 0 aliphatic carbocycles. The molecule has 1 unspecified atom stereocenters. The van der Waals surface area contributed by atoms with Crippen molar-refractivity contribution < 1.29 is 34.2 Å². The topological polar surface area (TPSA) is 150 Å². The van der Waals surface area contributed by atoms with E-state index in [4.69, 9.17) is 10.2 Å². The fourth-order valence-corrected chi connectivity index (χ4v) is 2.02. The quantitative estimate of drug-likeness (QED) is 0.374. The zero-order valence-electron chi connectivity index (χ0n) is 14.8. The molecule has 144 valence electrons. The van der Waals surface area contributed by atoms with Gasteiger partial charge in [0.25, 0.3) is 5.91 Å². The summed E-state index contributed by atoms with van der Waals surface area (Å²) in [6.45, 7) is 2.78. The highest BCUT2D eigenvalue weighted by Gasteiger charge is 2.20. The summed E-state index contributed by atoms with van der Waals surface area (Å²) in [4.78, 5) is 56.7. The molecule has 1 aromatic carbocycles. The highest BCUT2D eigenvalue weighted by molar-refractivity contribution is 6.07. The van der Waals surface area contributed by atoms with Crippen molar-refractivity contribution in [2.24, 2.45) is 0 Å². The Kier molecular flexibility index (Phi) is 7.87. The van der Waals surface area contributed by atoms with Crippen molar-refractivity contribution in [1.82, 2.24) is 5.32 Å². The summed E-state index contributed by atoms with van der Waals surface area (Å²) in [5, 5.41) is 22.3. The molecule has 0 aliphatic heterocycles. The normalized spacial score (nSPS) is 12.0. The van der Waals surface area contributed by atoms with Gasteiger partial charge in [0.2, 0.25) is 5.91 Å². The van der Waals surface area contributed by atoms with Crippen molar-refractivity contribution >= 4 is 35.2 Å². The number of nitrogens with one attached hydrogen (secondary N) is 2. The summed E-state index contributed by atoms with van der Waals surface area (Å²) in [5.41, 5.74) is 0.925. The van der Waals surface area contributed by atoms with Crippen molar-refractivity contribution in [3.8, 4) is 0 Å². The van der Waals surface area contributed by atoms with E-state index in [-0.39, 0.29) is 17.8 Å². The van der Waals surface area contributed by atoms with E-state index in [0.29, 0.717) is 11.3 Å². The molecule has 1 atom stereocenters. The van der Waals surface area contributed by atoms with Crippen LogP contribution in [-0.4, -0.2) is 45.8 Å². The second-order valence-corrected chi connectivity index (χ2v) is 5.75. The van der Waals surface area contributed by atoms with Gasteiger partial charge in [-0.3, -0.25) is 19.2 Å². The first kappa shape index (κ1) is 21.6. The molecular weight excluding hydrogens is 356 g/mol. The first-order valence-corrected chi connectivity index (χ1v) is 7.96. The Labute approximate surface area is 155 Å². The summed E-state index contributed by atoms with van der Waals surface area (Å²) in [7, 11) is 0. The molecule has 2 amide bonds. The lowest BCUT2D eigenvalue weighted by Gasteiger charge is -2.12. The van der Waals surface area contributed by atoms with Gasteiger partial charge in [-0.15, -0.1) is 0 Å². The van der Waals surface area contributed by atoms with Crippen LogP contribution in [0.3, 0.4) is 0 Å². The smallest absolute Gasteiger partial charge is 0.326 e. The summed E-state index contributed by atoms with van der Waals surface area (Å²) >= 11 is 0. The van der Waals surface area contributed by atoms with E-state index in [9.17, 15) is 24.0 Å². The van der Waals surface area contributed by atoms with E-state index in [0.717, 1.165) is 6.08 Å². The highest BCUT2D eigenvalue weighted by Crippen LogP contribution is 2.11. The average molecular weight is 376 g/mol. The number of ketones is 1. The number of carboxylic acid groups (broad SMARTS) is 2. The van der Waals surface area contributed by atoms with Gasteiger partial charge in [-0.25, -0.2) is 4.79 Å². The number of carbonyl (C=O) groups is 5. The van der Waals surface area contributed by atoms with E-state index in [1.807, 2.05) is 0 Å². The van der Waals surface area contributed by atoms with Crippen molar-refractivity contribution in [3.63, 3.8) is 0 Å². The molecule has 0 fully saturated rings. The van der Waals surface area contributed by atoms with Crippen LogP contribution in [0, 0.1) is 0 Å². The standard InChI is InChI=1S/C18H20N2O7/c1-10(9-15(22)20-14(18(26)27)7-8-16(23)24)17(25)19-13-5-3-12(4-6-13)11(2)21/h3-6,9,14H,7-8H2,1-2H3,(H,19,25)(H,20,22)(H,23,24)(H,26,27)/b10-9-. The molecule has 4 N–H and O–H groups in total. The number of amides is 2. The van der Waals surface area contributed by atoms with Crippen molar-refractivity contribution in [2.75, 3.05) is 5.32 Å². The lowest BCUT2D eigenvalue weighted by Crippen LogP contribution is -2.40. The van der Waals surface area contributed by atoms with Gasteiger partial charge in [-0.05, 0) is 44.5 Å². The predicted molar refractivity (Wildman–Crippen MR) is 95.3 cm³/mol. The summed E-state index contributed by atoms with van der Waals surface area (Å²) in [6, 6.07) is 4.79. The molecule has 9 heteroatoms. The fourth-order valence-electron chi connectivity index (χ4n) is 2.02. The average Bonchev–Trinajstić information content (AvgIpc) is 2.58. The molecule has 1 aromatic rings. The molecule has 0 bridgehead atoms. The second kappa shape index (κ2) is 9.85. The number of carboxylic acids is 2. The van der Waals surface area contributed by atoms with Gasteiger partial charge in [0.1, 0.15) is 6.04 Å². The van der Waals surface area contributed by atoms with E-state index in [2.05, 4.69) is 10.6 Å². The molecule has 0 radical (unpaired) electrons. The van der Waals surface area contributed by atoms with Crippen molar-refractivity contribution in [1.29, 1.82) is 0 Å². The second-order valence-electron chi connectivity index (χ2n) is 5.75. The Morgan fingerprint density at radius 3 is 2.11 bits per heavy atom. The van der Waals surface area contributed by atoms with E-state index in [1.165, 1.54) is 26.0 Å². The van der Waals surface area contributed by atoms with Crippen molar-refractivity contribution in [3.05, 3.63) is 41.5 Å².